The van der Waals surface area contributed by atoms with Crippen molar-refractivity contribution >= 4 is 35.6 Å². The number of amides is 2. The van der Waals surface area contributed by atoms with Crippen molar-refractivity contribution in [1.29, 1.82) is 0 Å². The van der Waals surface area contributed by atoms with Gasteiger partial charge in [0.25, 0.3) is 11.8 Å². The first-order chi connectivity index (χ1) is 22.8. The number of methoxy groups -OCH3 is 2. The summed E-state index contributed by atoms with van der Waals surface area (Å²) in [5.74, 6) is 1.80. The summed E-state index contributed by atoms with van der Waals surface area (Å²) in [5, 5.41) is 0. The SMILES string of the molecule is C/C=C1\CN2C(=O)c3cc(OC)c(OCCCOc4cc5c(cc4OC)C(=O)N4Cc6ccccc6CC4C=N5)cc3N=C[C@]2(C)C1. The van der Waals surface area contributed by atoms with Crippen LogP contribution in [0.5, 0.6) is 23.0 Å². The smallest absolute Gasteiger partial charge is 0.257 e. The van der Waals surface area contributed by atoms with Gasteiger partial charge in [-0.05, 0) is 49.9 Å². The number of nitrogens with zero attached hydrogens (tertiary/aromatic N) is 4. The number of hydrogen-bond donors (Lipinski definition) is 0. The van der Waals surface area contributed by atoms with Crippen LogP contribution in [0.2, 0.25) is 0 Å². The van der Waals surface area contributed by atoms with Crippen LogP contribution in [-0.2, 0) is 13.0 Å². The number of ether oxygens (including phenoxy) is 4. The molecular formula is C37H38N4O6. The van der Waals surface area contributed by atoms with Crippen molar-refractivity contribution in [2.75, 3.05) is 34.0 Å². The fraction of sp³-hybridized carbons (Fsp3) is 0.351. The van der Waals surface area contributed by atoms with Crippen molar-refractivity contribution in [2.45, 2.75) is 51.2 Å². The molecule has 1 unspecified atom stereocenters. The molecule has 0 radical (unpaired) electrons. The third-order valence-corrected chi connectivity index (χ3v) is 9.46. The first-order valence-corrected chi connectivity index (χ1v) is 15.9. The third kappa shape index (κ3) is 5.51. The Labute approximate surface area is 274 Å². The van der Waals surface area contributed by atoms with Gasteiger partial charge >= 0.3 is 0 Å². The molecular weight excluding hydrogens is 596 g/mol. The van der Waals surface area contributed by atoms with Crippen molar-refractivity contribution in [2.24, 2.45) is 9.98 Å². The number of aliphatic imine (C=N–C) groups is 2. The molecule has 4 aliphatic heterocycles. The third-order valence-electron chi connectivity index (χ3n) is 9.46. The number of carbonyl (C=O) groups is 2. The topological polar surface area (TPSA) is 102 Å². The van der Waals surface area contributed by atoms with Gasteiger partial charge in [0.2, 0.25) is 0 Å². The van der Waals surface area contributed by atoms with Gasteiger partial charge in [-0.25, -0.2) is 0 Å². The molecule has 0 spiro atoms. The van der Waals surface area contributed by atoms with E-state index in [9.17, 15) is 9.59 Å². The normalized spacial score (nSPS) is 21.7. The number of rotatable bonds is 8. The maximum absolute atomic E-state index is 13.7. The molecule has 3 aromatic carbocycles. The van der Waals surface area contributed by atoms with Crippen LogP contribution < -0.4 is 18.9 Å². The van der Waals surface area contributed by atoms with Crippen LogP contribution in [0.3, 0.4) is 0 Å². The lowest BCUT2D eigenvalue weighted by molar-refractivity contribution is 0.0699. The number of carbonyl (C=O) groups excluding carboxylic acids is 2. The van der Waals surface area contributed by atoms with Crippen LogP contribution in [0, 0.1) is 0 Å². The lowest BCUT2D eigenvalue weighted by Crippen LogP contribution is -2.45. The fourth-order valence-electron chi connectivity index (χ4n) is 6.81. The Morgan fingerprint density at radius 1 is 0.851 bits per heavy atom. The van der Waals surface area contributed by atoms with Gasteiger partial charge < -0.3 is 28.7 Å². The Hall–Kier alpha value is -5.12. The zero-order valence-electron chi connectivity index (χ0n) is 27.1. The molecule has 4 aliphatic rings. The Balaban J connectivity index is 1.02. The predicted molar refractivity (Wildman–Crippen MR) is 180 cm³/mol. The number of fused-ring (bicyclic) bond motifs is 5. The van der Waals surface area contributed by atoms with E-state index in [-0.39, 0.29) is 17.9 Å². The molecule has 1 saturated heterocycles. The van der Waals surface area contributed by atoms with Gasteiger partial charge in [-0.3, -0.25) is 19.6 Å². The average Bonchev–Trinajstić information content (AvgIpc) is 3.33. The fourth-order valence-corrected chi connectivity index (χ4v) is 6.81. The Kier molecular flexibility index (Phi) is 7.95. The van der Waals surface area contributed by atoms with Crippen LogP contribution in [0.4, 0.5) is 11.4 Å². The highest BCUT2D eigenvalue weighted by Gasteiger charge is 2.43. The van der Waals surface area contributed by atoms with Crippen LogP contribution in [0.25, 0.3) is 0 Å². The highest BCUT2D eigenvalue weighted by atomic mass is 16.5. The summed E-state index contributed by atoms with van der Waals surface area (Å²) in [6, 6.07) is 15.1. The maximum Gasteiger partial charge on any atom is 0.257 e. The maximum atomic E-state index is 13.7. The zero-order valence-corrected chi connectivity index (χ0v) is 27.1. The molecule has 47 heavy (non-hydrogen) atoms. The minimum absolute atomic E-state index is 0.0723. The summed E-state index contributed by atoms with van der Waals surface area (Å²) >= 11 is 0. The molecule has 0 bridgehead atoms. The van der Waals surface area contributed by atoms with E-state index >= 15 is 0 Å². The van der Waals surface area contributed by atoms with E-state index in [0.717, 1.165) is 18.4 Å². The number of hydrogen-bond acceptors (Lipinski definition) is 8. The summed E-state index contributed by atoms with van der Waals surface area (Å²) in [6.45, 7) is 5.84. The molecule has 7 rings (SSSR count). The lowest BCUT2D eigenvalue weighted by Gasteiger charge is -2.34. The van der Waals surface area contributed by atoms with Gasteiger partial charge in [0.05, 0.1) is 61.5 Å². The second-order valence-corrected chi connectivity index (χ2v) is 12.5. The van der Waals surface area contributed by atoms with E-state index in [4.69, 9.17) is 28.9 Å². The summed E-state index contributed by atoms with van der Waals surface area (Å²) in [6.07, 6.45) is 7.85. The molecule has 1 fully saturated rings. The minimum Gasteiger partial charge on any atom is -0.493 e. The summed E-state index contributed by atoms with van der Waals surface area (Å²) in [4.78, 5) is 40.4. The van der Waals surface area contributed by atoms with Crippen LogP contribution in [0.15, 0.2) is 70.2 Å². The molecule has 0 saturated carbocycles. The first kappa shape index (κ1) is 30.5. The highest BCUT2D eigenvalue weighted by Crippen LogP contribution is 2.42. The van der Waals surface area contributed by atoms with E-state index in [1.54, 1.807) is 38.5 Å². The molecule has 0 aromatic heterocycles. The van der Waals surface area contributed by atoms with Gasteiger partial charge in [0, 0.05) is 44.1 Å². The number of benzene rings is 3. The predicted octanol–water partition coefficient (Wildman–Crippen LogP) is 6.10. The molecule has 10 heteroatoms. The second kappa shape index (κ2) is 12.2. The van der Waals surface area contributed by atoms with E-state index in [2.05, 4.69) is 18.2 Å². The standard InChI is InChI=1S/C37H38N4O6/c1-5-23-18-37(2)22-39-30-17-34(32(45-4)15-28(30)36(43)41(37)20-23)47-12-8-11-46-33-16-29-27(14-31(33)44-3)35(42)40-21-25-10-7-6-9-24(25)13-26(40)19-38-29/h5-7,9-10,14-17,19,22,26H,8,11-13,18,20-21H2,1-4H3/b23-5-/t26?,37-/m0/s1. The van der Waals surface area contributed by atoms with Crippen LogP contribution in [-0.4, -0.2) is 79.6 Å². The molecule has 3 aromatic rings. The molecule has 242 valence electrons. The van der Waals surface area contributed by atoms with Gasteiger partial charge in [0.1, 0.15) is 0 Å². The summed E-state index contributed by atoms with van der Waals surface area (Å²) in [7, 11) is 3.12. The summed E-state index contributed by atoms with van der Waals surface area (Å²) < 4.78 is 23.5. The van der Waals surface area contributed by atoms with E-state index in [1.807, 2.05) is 48.2 Å². The Bertz CT molecular complexity index is 1850. The largest absolute Gasteiger partial charge is 0.493 e. The highest BCUT2D eigenvalue weighted by molar-refractivity contribution is 6.05. The quantitative estimate of drug-likeness (QED) is 0.219. The van der Waals surface area contributed by atoms with Crippen molar-refractivity contribution in [3.8, 4) is 23.0 Å². The van der Waals surface area contributed by atoms with Gasteiger partial charge in [-0.1, -0.05) is 35.9 Å². The van der Waals surface area contributed by atoms with E-state index < -0.39 is 5.54 Å². The molecule has 0 N–H and O–H groups in total. The molecule has 4 heterocycles. The average molecular weight is 635 g/mol. The van der Waals surface area contributed by atoms with Crippen molar-refractivity contribution in [3.05, 3.63) is 82.4 Å². The second-order valence-electron chi connectivity index (χ2n) is 12.5. The molecule has 0 aliphatic carbocycles. The zero-order chi connectivity index (χ0) is 32.7. The molecule has 2 atom stereocenters. The first-order valence-electron chi connectivity index (χ1n) is 15.9. The van der Waals surface area contributed by atoms with Crippen molar-refractivity contribution in [3.63, 3.8) is 0 Å². The van der Waals surface area contributed by atoms with Gasteiger partial charge in [0.15, 0.2) is 23.0 Å². The monoisotopic (exact) mass is 634 g/mol. The van der Waals surface area contributed by atoms with E-state index in [0.29, 0.717) is 78.2 Å². The molecule has 10 nitrogen and oxygen atoms in total. The van der Waals surface area contributed by atoms with E-state index in [1.165, 1.54) is 11.1 Å². The van der Waals surface area contributed by atoms with Crippen LogP contribution in [0.1, 0.15) is 58.5 Å². The molecule has 2 amide bonds. The van der Waals surface area contributed by atoms with Gasteiger partial charge in [-0.2, -0.15) is 0 Å². The van der Waals surface area contributed by atoms with Crippen LogP contribution >= 0.6 is 0 Å². The summed E-state index contributed by atoms with van der Waals surface area (Å²) in [5.41, 5.74) is 5.25. The minimum atomic E-state index is -0.471. The Morgan fingerprint density at radius 2 is 1.49 bits per heavy atom. The van der Waals surface area contributed by atoms with Crippen molar-refractivity contribution < 1.29 is 28.5 Å². The number of allylic oxidation sites excluding steroid dienone is 1. The van der Waals surface area contributed by atoms with Crippen molar-refractivity contribution in [1.82, 2.24) is 9.80 Å². The van der Waals surface area contributed by atoms with Gasteiger partial charge in [-0.15, -0.1) is 0 Å². The lowest BCUT2D eigenvalue weighted by atomic mass is 9.94. The Morgan fingerprint density at radius 3 is 2.15 bits per heavy atom.